The molecule has 1 aliphatic heterocycles. The molecule has 1 heterocycles. The van der Waals surface area contributed by atoms with E-state index in [0.717, 1.165) is 12.5 Å². The Morgan fingerprint density at radius 2 is 1.95 bits per heavy atom. The normalized spacial score (nSPS) is 20.2. The van der Waals surface area contributed by atoms with Gasteiger partial charge in [-0.2, -0.15) is 0 Å². The van der Waals surface area contributed by atoms with Gasteiger partial charge in [-0.1, -0.05) is 31.4 Å². The lowest BCUT2D eigenvalue weighted by molar-refractivity contribution is 0.0810. The van der Waals surface area contributed by atoms with Gasteiger partial charge >= 0.3 is 0 Å². The number of anilines is 1. The van der Waals surface area contributed by atoms with Crippen LogP contribution in [-0.4, -0.2) is 23.3 Å². The van der Waals surface area contributed by atoms with Crippen molar-refractivity contribution in [1.82, 2.24) is 0 Å². The molecule has 2 nitrogen and oxygen atoms in total. The first-order valence-electron chi connectivity index (χ1n) is 8.14. The lowest BCUT2D eigenvalue weighted by Gasteiger charge is -2.33. The first-order chi connectivity index (χ1) is 9.53. The summed E-state index contributed by atoms with van der Waals surface area (Å²) in [6, 6.07) is 7.58. The summed E-state index contributed by atoms with van der Waals surface area (Å²) < 4.78 is 0. The summed E-state index contributed by atoms with van der Waals surface area (Å²) in [6.07, 6.45) is 8.85. The number of aliphatic hydroxyl groups is 1. The highest BCUT2D eigenvalue weighted by molar-refractivity contribution is 5.60. The van der Waals surface area contributed by atoms with E-state index in [9.17, 15) is 5.11 Å². The van der Waals surface area contributed by atoms with E-state index in [2.05, 4.69) is 23.1 Å². The number of hydrogen-bond acceptors (Lipinski definition) is 2. The predicted molar refractivity (Wildman–Crippen MR) is 84.4 cm³/mol. The van der Waals surface area contributed by atoms with Crippen LogP contribution in [0.1, 0.15) is 57.1 Å². The molecule has 0 saturated heterocycles. The van der Waals surface area contributed by atoms with Gasteiger partial charge in [0.2, 0.25) is 0 Å². The predicted octanol–water partition coefficient (Wildman–Crippen LogP) is 3.70. The third kappa shape index (κ3) is 3.01. The van der Waals surface area contributed by atoms with E-state index in [4.69, 9.17) is 0 Å². The Morgan fingerprint density at radius 1 is 1.20 bits per heavy atom. The van der Waals surface area contributed by atoms with Gasteiger partial charge in [0.05, 0.1) is 5.60 Å². The molecule has 1 N–H and O–H groups in total. The van der Waals surface area contributed by atoms with Crippen LogP contribution in [0, 0.1) is 0 Å². The fraction of sp³-hybridized carbons (Fsp3) is 0.667. The molecule has 1 aliphatic carbocycles. The fourth-order valence-corrected chi connectivity index (χ4v) is 3.86. The van der Waals surface area contributed by atoms with E-state index in [1.165, 1.54) is 61.9 Å². The number of nitrogens with zero attached hydrogens (tertiary/aromatic N) is 1. The van der Waals surface area contributed by atoms with Gasteiger partial charge in [0.25, 0.3) is 0 Å². The number of rotatable bonds is 3. The van der Waals surface area contributed by atoms with Gasteiger partial charge in [0, 0.05) is 24.7 Å². The average molecular weight is 273 g/mol. The maximum atomic E-state index is 9.97. The summed E-state index contributed by atoms with van der Waals surface area (Å²) in [7, 11) is 0. The largest absolute Gasteiger partial charge is 0.390 e. The number of benzene rings is 1. The molecule has 0 spiro atoms. The summed E-state index contributed by atoms with van der Waals surface area (Å²) in [5.74, 6) is 0. The van der Waals surface area contributed by atoms with Gasteiger partial charge in [0.1, 0.15) is 0 Å². The molecular weight excluding hydrogens is 246 g/mol. The van der Waals surface area contributed by atoms with E-state index in [-0.39, 0.29) is 0 Å². The van der Waals surface area contributed by atoms with Crippen molar-refractivity contribution in [2.75, 3.05) is 11.4 Å². The number of fused-ring (bicyclic) bond motifs is 1. The molecular formula is C18H27NO. The number of hydrogen-bond donors (Lipinski definition) is 1. The van der Waals surface area contributed by atoms with E-state index in [1.54, 1.807) is 0 Å². The SMILES string of the molecule is CC(C)(O)Cc1ccc2c(c1)CCN2C1CCCCC1. The van der Waals surface area contributed by atoms with Crippen molar-refractivity contribution in [2.45, 2.75) is 70.4 Å². The van der Waals surface area contributed by atoms with Gasteiger partial charge in [-0.15, -0.1) is 0 Å². The van der Waals surface area contributed by atoms with Crippen molar-refractivity contribution in [1.29, 1.82) is 0 Å². The summed E-state index contributed by atoms with van der Waals surface area (Å²) >= 11 is 0. The molecule has 0 unspecified atom stereocenters. The second-order valence-corrected chi connectivity index (χ2v) is 7.19. The molecule has 0 atom stereocenters. The minimum atomic E-state index is -0.615. The third-order valence-electron chi connectivity index (χ3n) is 4.73. The van der Waals surface area contributed by atoms with Gasteiger partial charge < -0.3 is 10.0 Å². The first kappa shape index (κ1) is 13.9. The van der Waals surface area contributed by atoms with Crippen molar-refractivity contribution >= 4 is 5.69 Å². The summed E-state index contributed by atoms with van der Waals surface area (Å²) in [6.45, 7) is 4.95. The van der Waals surface area contributed by atoms with Crippen molar-refractivity contribution in [2.24, 2.45) is 0 Å². The Balaban J connectivity index is 1.77. The molecule has 1 saturated carbocycles. The van der Waals surface area contributed by atoms with Crippen LogP contribution in [-0.2, 0) is 12.8 Å². The quantitative estimate of drug-likeness (QED) is 0.908. The molecule has 110 valence electrons. The van der Waals surface area contributed by atoms with Crippen LogP contribution in [0.25, 0.3) is 0 Å². The van der Waals surface area contributed by atoms with E-state index in [1.807, 2.05) is 13.8 Å². The third-order valence-corrected chi connectivity index (χ3v) is 4.73. The van der Waals surface area contributed by atoms with Crippen LogP contribution in [0.4, 0.5) is 5.69 Å². The van der Waals surface area contributed by atoms with Gasteiger partial charge in [-0.3, -0.25) is 0 Å². The average Bonchev–Trinajstić information content (AvgIpc) is 2.81. The smallest absolute Gasteiger partial charge is 0.0631 e. The summed E-state index contributed by atoms with van der Waals surface area (Å²) in [4.78, 5) is 2.64. The highest BCUT2D eigenvalue weighted by atomic mass is 16.3. The van der Waals surface area contributed by atoms with E-state index in [0.29, 0.717) is 0 Å². The fourth-order valence-electron chi connectivity index (χ4n) is 3.86. The second-order valence-electron chi connectivity index (χ2n) is 7.19. The molecule has 2 heteroatoms. The minimum Gasteiger partial charge on any atom is -0.390 e. The standard InChI is InChI=1S/C18H27NO/c1-18(2,20)13-14-8-9-17-15(12-14)10-11-19(17)16-6-4-3-5-7-16/h8-9,12,16,20H,3-7,10-11,13H2,1-2H3. The summed E-state index contributed by atoms with van der Waals surface area (Å²) in [5, 5.41) is 9.97. The molecule has 0 aromatic heterocycles. The lowest BCUT2D eigenvalue weighted by Crippen LogP contribution is -2.35. The Morgan fingerprint density at radius 3 is 2.65 bits per heavy atom. The van der Waals surface area contributed by atoms with Crippen LogP contribution in [0.5, 0.6) is 0 Å². The monoisotopic (exact) mass is 273 g/mol. The zero-order valence-corrected chi connectivity index (χ0v) is 12.9. The van der Waals surface area contributed by atoms with Crippen molar-refractivity contribution < 1.29 is 5.11 Å². The van der Waals surface area contributed by atoms with Gasteiger partial charge in [0.15, 0.2) is 0 Å². The molecule has 0 amide bonds. The summed E-state index contributed by atoms with van der Waals surface area (Å²) in [5.41, 5.74) is 3.59. The zero-order chi connectivity index (χ0) is 14.2. The van der Waals surface area contributed by atoms with Crippen LogP contribution in [0.2, 0.25) is 0 Å². The van der Waals surface area contributed by atoms with Crippen LogP contribution >= 0.6 is 0 Å². The van der Waals surface area contributed by atoms with Crippen LogP contribution in [0.3, 0.4) is 0 Å². The molecule has 1 fully saturated rings. The first-order valence-corrected chi connectivity index (χ1v) is 8.14. The van der Waals surface area contributed by atoms with E-state index < -0.39 is 5.60 Å². The molecule has 3 rings (SSSR count). The maximum absolute atomic E-state index is 9.97. The molecule has 0 bridgehead atoms. The van der Waals surface area contributed by atoms with Crippen molar-refractivity contribution in [3.8, 4) is 0 Å². The molecule has 0 radical (unpaired) electrons. The van der Waals surface area contributed by atoms with E-state index >= 15 is 0 Å². The molecule has 20 heavy (non-hydrogen) atoms. The lowest BCUT2D eigenvalue weighted by atomic mass is 9.94. The Labute approximate surface area is 122 Å². The zero-order valence-electron chi connectivity index (χ0n) is 12.9. The minimum absolute atomic E-state index is 0.615. The topological polar surface area (TPSA) is 23.5 Å². The maximum Gasteiger partial charge on any atom is 0.0631 e. The van der Waals surface area contributed by atoms with Crippen LogP contribution < -0.4 is 4.90 Å². The van der Waals surface area contributed by atoms with Crippen LogP contribution in [0.15, 0.2) is 18.2 Å². The highest BCUT2D eigenvalue weighted by Crippen LogP contribution is 2.35. The van der Waals surface area contributed by atoms with Crippen molar-refractivity contribution in [3.05, 3.63) is 29.3 Å². The molecule has 2 aliphatic rings. The highest BCUT2D eigenvalue weighted by Gasteiger charge is 2.27. The Kier molecular flexibility index (Phi) is 3.76. The van der Waals surface area contributed by atoms with Crippen molar-refractivity contribution in [3.63, 3.8) is 0 Å². The molecule has 1 aromatic carbocycles. The van der Waals surface area contributed by atoms with Gasteiger partial charge in [-0.05, 0) is 50.3 Å². The Bertz CT molecular complexity index is 469. The Hall–Kier alpha value is -1.02. The second kappa shape index (κ2) is 5.40. The molecule has 1 aromatic rings. The van der Waals surface area contributed by atoms with Gasteiger partial charge in [-0.25, -0.2) is 0 Å².